The molecule has 0 aliphatic carbocycles. The summed E-state index contributed by atoms with van der Waals surface area (Å²) in [7, 11) is -1.49. The van der Waals surface area contributed by atoms with Gasteiger partial charge in [-0.25, -0.2) is 14.0 Å². The Hall–Kier alpha value is -4.58. The fourth-order valence-electron chi connectivity index (χ4n) is 3.76. The van der Waals surface area contributed by atoms with Crippen molar-refractivity contribution in [2.75, 3.05) is 18.2 Å². The fourth-order valence-corrected chi connectivity index (χ4v) is 5.00. The van der Waals surface area contributed by atoms with E-state index < -0.39 is 15.6 Å². The van der Waals surface area contributed by atoms with Crippen LogP contribution in [0.5, 0.6) is 5.75 Å². The van der Waals surface area contributed by atoms with E-state index in [1.807, 2.05) is 13.0 Å². The fraction of sp³-hybridized carbons (Fsp3) is 0.160. The molecule has 0 saturated carbocycles. The first-order valence-corrected chi connectivity index (χ1v) is 13.0. The highest BCUT2D eigenvalue weighted by molar-refractivity contribution is 7.92. The van der Waals surface area contributed by atoms with E-state index in [4.69, 9.17) is 13.9 Å². The Balaban J connectivity index is 1.34. The van der Waals surface area contributed by atoms with Gasteiger partial charge in [0.2, 0.25) is 5.89 Å². The number of amides is 1. The smallest absolute Gasteiger partial charge is 0.277 e. The van der Waals surface area contributed by atoms with E-state index in [1.54, 1.807) is 47.4 Å². The van der Waals surface area contributed by atoms with Gasteiger partial charge in [-0.15, -0.1) is 0 Å². The van der Waals surface area contributed by atoms with Crippen LogP contribution in [0.15, 0.2) is 76.8 Å². The second kappa shape index (κ2) is 9.82. The normalized spacial score (nSPS) is 12.8. The number of anilines is 1. The van der Waals surface area contributed by atoms with Crippen molar-refractivity contribution in [1.29, 1.82) is 4.78 Å². The molecule has 1 atom stereocenters. The lowest BCUT2D eigenvalue weighted by molar-refractivity contribution is 0.102. The lowest BCUT2D eigenvalue weighted by Crippen LogP contribution is -2.13. The van der Waals surface area contributed by atoms with Crippen molar-refractivity contribution < 1.29 is 18.2 Å². The van der Waals surface area contributed by atoms with E-state index in [9.17, 15) is 9.00 Å². The van der Waals surface area contributed by atoms with E-state index in [2.05, 4.69) is 25.4 Å². The van der Waals surface area contributed by atoms with E-state index in [-0.39, 0.29) is 18.0 Å². The highest BCUT2D eigenvalue weighted by atomic mass is 32.2. The minimum Gasteiger partial charge on any atom is -0.494 e. The summed E-state index contributed by atoms with van der Waals surface area (Å²) in [5, 5.41) is 8.07. The second-order valence-electron chi connectivity index (χ2n) is 8.24. The number of oxazole rings is 1. The molecule has 37 heavy (non-hydrogen) atoms. The summed E-state index contributed by atoms with van der Waals surface area (Å²) in [6.45, 7) is 2.14. The summed E-state index contributed by atoms with van der Waals surface area (Å²) in [5.41, 5.74) is 2.71. The summed E-state index contributed by atoms with van der Waals surface area (Å²) in [6.07, 6.45) is 7.76. The standard InChI is InChI=1S/C25H23N7O4S/c1-16-11-17(3-8-28-16)25-30-22(15-36-25)24(33)29-21-12-18-14-32(31-20(18)13-23(21)35-2)9-10-37(26,34)19-4-6-27-7-5-19/h3-8,11-15,26H,9-10H2,1-2H3,(H,29,33). The van der Waals surface area contributed by atoms with Gasteiger partial charge in [0, 0.05) is 47.5 Å². The molecule has 0 bridgehead atoms. The largest absolute Gasteiger partial charge is 0.494 e. The Morgan fingerprint density at radius 2 is 2.00 bits per heavy atom. The summed E-state index contributed by atoms with van der Waals surface area (Å²) < 4.78 is 33.6. The first-order chi connectivity index (χ1) is 17.8. The van der Waals surface area contributed by atoms with Crippen LogP contribution in [0.2, 0.25) is 0 Å². The lowest BCUT2D eigenvalue weighted by atomic mass is 10.2. The lowest BCUT2D eigenvalue weighted by Gasteiger charge is -2.09. The average Bonchev–Trinajstić information content (AvgIpc) is 3.55. The van der Waals surface area contributed by atoms with Gasteiger partial charge >= 0.3 is 0 Å². The number of benzene rings is 1. The van der Waals surface area contributed by atoms with Gasteiger partial charge in [-0.3, -0.25) is 19.4 Å². The number of nitrogens with zero attached hydrogens (tertiary/aromatic N) is 5. The molecule has 5 rings (SSSR count). The minimum absolute atomic E-state index is 0.0945. The summed E-state index contributed by atoms with van der Waals surface area (Å²) in [4.78, 5) is 25.7. The topological polar surface area (TPSA) is 149 Å². The highest BCUT2D eigenvalue weighted by Gasteiger charge is 2.18. The van der Waals surface area contributed by atoms with Crippen LogP contribution in [-0.2, 0) is 16.3 Å². The van der Waals surface area contributed by atoms with Gasteiger partial charge < -0.3 is 14.5 Å². The van der Waals surface area contributed by atoms with Gasteiger partial charge in [0.1, 0.15) is 12.0 Å². The number of aryl methyl sites for hydroxylation is 2. The van der Waals surface area contributed by atoms with Gasteiger partial charge in [-0.05, 0) is 37.3 Å². The maximum absolute atomic E-state index is 12.9. The second-order valence-corrected chi connectivity index (χ2v) is 10.5. The molecular formula is C25H23N7O4S. The van der Waals surface area contributed by atoms with Crippen molar-refractivity contribution in [3.05, 3.63) is 78.8 Å². The third-order valence-corrected chi connectivity index (χ3v) is 7.43. The van der Waals surface area contributed by atoms with Crippen LogP contribution in [0, 0.1) is 11.7 Å². The number of carbonyl (C=O) groups excluding carboxylic acids is 1. The van der Waals surface area contributed by atoms with Crippen LogP contribution >= 0.6 is 0 Å². The Bertz CT molecular complexity index is 1690. The van der Waals surface area contributed by atoms with Crippen LogP contribution in [0.4, 0.5) is 5.69 Å². The minimum atomic E-state index is -2.99. The molecular weight excluding hydrogens is 494 g/mol. The summed E-state index contributed by atoms with van der Waals surface area (Å²) in [5.74, 6) is 0.367. The maximum Gasteiger partial charge on any atom is 0.277 e. The van der Waals surface area contributed by atoms with Gasteiger partial charge in [0.25, 0.3) is 5.91 Å². The van der Waals surface area contributed by atoms with Crippen LogP contribution in [0.1, 0.15) is 16.2 Å². The van der Waals surface area contributed by atoms with Gasteiger partial charge in [-0.1, -0.05) is 0 Å². The van der Waals surface area contributed by atoms with E-state index in [1.165, 1.54) is 25.8 Å². The van der Waals surface area contributed by atoms with Crippen LogP contribution < -0.4 is 10.1 Å². The summed E-state index contributed by atoms with van der Waals surface area (Å²) >= 11 is 0. The van der Waals surface area contributed by atoms with Crippen LogP contribution in [0.3, 0.4) is 0 Å². The molecule has 2 N–H and O–H groups in total. The molecule has 4 aromatic heterocycles. The number of fused-ring (bicyclic) bond motifs is 1. The van der Waals surface area contributed by atoms with E-state index in [0.717, 1.165) is 16.6 Å². The molecule has 0 spiro atoms. The number of methoxy groups -OCH3 is 1. The Kier molecular flexibility index (Phi) is 6.40. The maximum atomic E-state index is 12.9. The molecule has 11 nitrogen and oxygen atoms in total. The molecule has 1 aromatic carbocycles. The molecule has 5 aromatic rings. The number of hydrogen-bond donors (Lipinski definition) is 2. The number of nitrogens with one attached hydrogen (secondary N) is 2. The predicted octanol–water partition coefficient (Wildman–Crippen LogP) is 4.16. The zero-order valence-electron chi connectivity index (χ0n) is 20.0. The molecule has 12 heteroatoms. The van der Waals surface area contributed by atoms with Crippen LogP contribution in [-0.4, -0.2) is 47.7 Å². The molecule has 0 fully saturated rings. The van der Waals surface area contributed by atoms with Crippen molar-refractivity contribution in [1.82, 2.24) is 24.7 Å². The first kappa shape index (κ1) is 24.1. The average molecular weight is 518 g/mol. The van der Waals surface area contributed by atoms with Crippen molar-refractivity contribution in [3.8, 4) is 17.2 Å². The zero-order valence-corrected chi connectivity index (χ0v) is 20.9. The van der Waals surface area contributed by atoms with E-state index in [0.29, 0.717) is 27.7 Å². The van der Waals surface area contributed by atoms with E-state index >= 15 is 0 Å². The molecule has 0 saturated heterocycles. The Labute approximate surface area is 212 Å². The predicted molar refractivity (Wildman–Crippen MR) is 137 cm³/mol. The molecule has 4 heterocycles. The van der Waals surface area contributed by atoms with Gasteiger partial charge in [0.05, 0.1) is 45.2 Å². The zero-order chi connectivity index (χ0) is 26.0. The monoisotopic (exact) mass is 517 g/mol. The van der Waals surface area contributed by atoms with Crippen molar-refractivity contribution in [2.24, 2.45) is 0 Å². The molecule has 0 radical (unpaired) electrons. The van der Waals surface area contributed by atoms with Crippen molar-refractivity contribution >= 4 is 32.2 Å². The molecule has 1 amide bonds. The first-order valence-electron chi connectivity index (χ1n) is 11.2. The number of carbonyl (C=O) groups is 1. The molecule has 1 unspecified atom stereocenters. The third-order valence-electron chi connectivity index (χ3n) is 5.64. The molecule has 0 aliphatic rings. The number of ether oxygens (including phenoxy) is 1. The summed E-state index contributed by atoms with van der Waals surface area (Å²) in [6, 6.07) is 10.2. The molecule has 0 aliphatic heterocycles. The number of aromatic nitrogens is 5. The number of rotatable bonds is 8. The van der Waals surface area contributed by atoms with Crippen LogP contribution in [0.25, 0.3) is 22.4 Å². The van der Waals surface area contributed by atoms with Gasteiger partial charge in [0.15, 0.2) is 5.69 Å². The Morgan fingerprint density at radius 1 is 1.19 bits per heavy atom. The van der Waals surface area contributed by atoms with Crippen molar-refractivity contribution in [3.63, 3.8) is 0 Å². The number of hydrogen-bond acceptors (Lipinski definition) is 9. The third kappa shape index (κ3) is 5.19. The number of pyridine rings is 2. The van der Waals surface area contributed by atoms with Crippen molar-refractivity contribution in [2.45, 2.75) is 18.4 Å². The van der Waals surface area contributed by atoms with Gasteiger partial charge in [-0.2, -0.15) is 5.10 Å². The quantitative estimate of drug-likeness (QED) is 0.312. The molecule has 188 valence electrons. The SMILES string of the molecule is COc1cc2nn(CCS(=N)(=O)c3ccncc3)cc2cc1NC(=O)c1coc(-c2ccnc(C)c2)n1. The Morgan fingerprint density at radius 3 is 2.76 bits per heavy atom. The highest BCUT2D eigenvalue weighted by Crippen LogP contribution is 2.30.